The molecule has 0 aromatic heterocycles. The van der Waals surface area contributed by atoms with Crippen LogP contribution in [-0.4, -0.2) is 46.3 Å². The Morgan fingerprint density at radius 2 is 1.45 bits per heavy atom. The molecule has 2 aromatic rings. The van der Waals surface area contributed by atoms with E-state index >= 15 is 0 Å². The molecule has 2 N–H and O–H groups in total. The maximum Gasteiger partial charge on any atom is 0.252 e. The molecule has 0 spiro atoms. The average Bonchev–Trinajstić information content (AvgIpc) is 2.72. The zero-order valence-corrected chi connectivity index (χ0v) is 17.4. The lowest BCUT2D eigenvalue weighted by molar-refractivity contribution is -0.117. The van der Waals surface area contributed by atoms with Crippen molar-refractivity contribution in [3.05, 3.63) is 41.5 Å². The number of amides is 2. The lowest BCUT2D eigenvalue weighted by Gasteiger charge is -2.17. The summed E-state index contributed by atoms with van der Waals surface area (Å²) in [6.07, 6.45) is 0. The minimum Gasteiger partial charge on any atom is -0.495 e. The second kappa shape index (κ2) is 9.68. The highest BCUT2D eigenvalue weighted by Gasteiger charge is 2.21. The van der Waals surface area contributed by atoms with Crippen LogP contribution in [0, 0.1) is 6.92 Å². The molecule has 156 valence electrons. The molecule has 1 atom stereocenters. The van der Waals surface area contributed by atoms with Gasteiger partial charge in [0.25, 0.3) is 5.91 Å². The number of carbonyl (C=O) groups excluding carboxylic acids is 2. The minimum absolute atomic E-state index is 0.271. The molecule has 0 unspecified atom stereocenters. The summed E-state index contributed by atoms with van der Waals surface area (Å²) >= 11 is 0. The highest BCUT2D eigenvalue weighted by molar-refractivity contribution is 6.02. The molecule has 0 bridgehead atoms. The van der Waals surface area contributed by atoms with Gasteiger partial charge in [-0.1, -0.05) is 6.07 Å². The van der Waals surface area contributed by atoms with E-state index in [4.69, 9.17) is 18.9 Å². The number of hydrogen-bond donors (Lipinski definition) is 2. The first-order valence-electron chi connectivity index (χ1n) is 8.91. The first kappa shape index (κ1) is 21.9. The third-order valence-electron chi connectivity index (χ3n) is 4.28. The normalized spacial score (nSPS) is 11.2. The van der Waals surface area contributed by atoms with Crippen molar-refractivity contribution in [1.82, 2.24) is 5.32 Å². The molecule has 8 heteroatoms. The summed E-state index contributed by atoms with van der Waals surface area (Å²) in [7, 11) is 5.93. The number of anilines is 1. The number of nitrogens with one attached hydrogen (secondary N) is 2. The summed E-state index contributed by atoms with van der Waals surface area (Å²) in [5.74, 6) is 0.769. The lowest BCUT2D eigenvalue weighted by atomic mass is 10.1. The van der Waals surface area contributed by atoms with E-state index in [1.165, 1.54) is 40.6 Å². The number of carbonyl (C=O) groups is 2. The Bertz CT molecular complexity index is 872. The van der Waals surface area contributed by atoms with Crippen molar-refractivity contribution in [2.45, 2.75) is 19.9 Å². The Labute approximate surface area is 170 Å². The van der Waals surface area contributed by atoms with Crippen molar-refractivity contribution < 1.29 is 28.5 Å². The molecule has 0 aliphatic carbocycles. The summed E-state index contributed by atoms with van der Waals surface area (Å²) in [4.78, 5) is 25.2. The minimum atomic E-state index is -0.799. The van der Waals surface area contributed by atoms with Gasteiger partial charge in [0.15, 0.2) is 11.5 Å². The van der Waals surface area contributed by atoms with Gasteiger partial charge in [-0.15, -0.1) is 0 Å². The third kappa shape index (κ3) is 5.10. The van der Waals surface area contributed by atoms with Crippen LogP contribution in [0.3, 0.4) is 0 Å². The number of aryl methyl sites for hydroxylation is 1. The molecule has 2 aromatic carbocycles. The van der Waals surface area contributed by atoms with Crippen LogP contribution in [0.5, 0.6) is 23.0 Å². The van der Waals surface area contributed by atoms with Crippen molar-refractivity contribution in [3.8, 4) is 23.0 Å². The summed E-state index contributed by atoms with van der Waals surface area (Å²) in [5.41, 5.74) is 1.77. The van der Waals surface area contributed by atoms with Crippen LogP contribution in [0.25, 0.3) is 0 Å². The predicted octanol–water partition coefficient (Wildman–Crippen LogP) is 2.79. The Kier molecular flexibility index (Phi) is 7.30. The average molecular weight is 402 g/mol. The molecule has 0 aliphatic heterocycles. The van der Waals surface area contributed by atoms with Gasteiger partial charge in [0.1, 0.15) is 11.8 Å². The monoisotopic (exact) mass is 402 g/mol. The van der Waals surface area contributed by atoms with E-state index in [-0.39, 0.29) is 11.5 Å². The van der Waals surface area contributed by atoms with Crippen LogP contribution in [0.4, 0.5) is 5.69 Å². The van der Waals surface area contributed by atoms with Crippen LogP contribution >= 0.6 is 0 Å². The smallest absolute Gasteiger partial charge is 0.252 e. The molecule has 0 saturated carbocycles. The SMILES string of the molecule is COc1ccc(C)cc1NC(=O)[C@H](C)NC(=O)c1cc(OC)c(OC)c(OC)c1. The number of hydrogen-bond acceptors (Lipinski definition) is 6. The lowest BCUT2D eigenvalue weighted by Crippen LogP contribution is -2.41. The molecule has 2 rings (SSSR count). The molecule has 0 saturated heterocycles. The number of benzene rings is 2. The van der Waals surface area contributed by atoms with Gasteiger partial charge in [-0.2, -0.15) is 0 Å². The van der Waals surface area contributed by atoms with Gasteiger partial charge >= 0.3 is 0 Å². The van der Waals surface area contributed by atoms with E-state index < -0.39 is 11.9 Å². The Hall–Kier alpha value is -3.42. The maximum absolute atomic E-state index is 12.7. The molecule has 0 aliphatic rings. The van der Waals surface area contributed by atoms with Crippen molar-refractivity contribution >= 4 is 17.5 Å². The van der Waals surface area contributed by atoms with Gasteiger partial charge in [-0.05, 0) is 43.7 Å². The second-order valence-corrected chi connectivity index (χ2v) is 6.30. The fourth-order valence-corrected chi connectivity index (χ4v) is 2.72. The highest BCUT2D eigenvalue weighted by atomic mass is 16.5. The van der Waals surface area contributed by atoms with E-state index in [1.807, 2.05) is 13.0 Å². The van der Waals surface area contributed by atoms with Crippen molar-refractivity contribution in [2.24, 2.45) is 0 Å². The molecule has 0 heterocycles. The van der Waals surface area contributed by atoms with E-state index in [0.717, 1.165) is 5.56 Å². The number of ether oxygens (including phenoxy) is 4. The van der Waals surface area contributed by atoms with Gasteiger partial charge in [-0.25, -0.2) is 0 Å². The molecular weight excluding hydrogens is 376 g/mol. The molecular formula is C21H26N2O6. The Morgan fingerprint density at radius 3 is 1.97 bits per heavy atom. The topological polar surface area (TPSA) is 95.1 Å². The summed E-state index contributed by atoms with van der Waals surface area (Å²) in [6.45, 7) is 3.50. The van der Waals surface area contributed by atoms with Crippen molar-refractivity contribution in [3.63, 3.8) is 0 Å². The zero-order chi connectivity index (χ0) is 21.6. The molecule has 29 heavy (non-hydrogen) atoms. The van der Waals surface area contributed by atoms with E-state index in [2.05, 4.69) is 10.6 Å². The predicted molar refractivity (Wildman–Crippen MR) is 109 cm³/mol. The van der Waals surface area contributed by atoms with Crippen LogP contribution in [0.1, 0.15) is 22.8 Å². The molecule has 0 fully saturated rings. The fraction of sp³-hybridized carbons (Fsp3) is 0.333. The molecule has 0 radical (unpaired) electrons. The Morgan fingerprint density at radius 1 is 0.862 bits per heavy atom. The van der Waals surface area contributed by atoms with E-state index in [9.17, 15) is 9.59 Å². The van der Waals surface area contributed by atoms with Crippen molar-refractivity contribution in [2.75, 3.05) is 33.8 Å². The molecule has 2 amide bonds. The van der Waals surface area contributed by atoms with Gasteiger partial charge in [0.2, 0.25) is 11.7 Å². The number of rotatable bonds is 8. The van der Waals surface area contributed by atoms with Crippen LogP contribution in [0.15, 0.2) is 30.3 Å². The first-order valence-corrected chi connectivity index (χ1v) is 8.91. The highest BCUT2D eigenvalue weighted by Crippen LogP contribution is 2.38. The standard InChI is InChI=1S/C21H26N2O6/c1-12-7-8-16(26-3)15(9-12)23-20(24)13(2)22-21(25)14-10-17(27-4)19(29-6)18(11-14)28-5/h7-11,13H,1-6H3,(H,22,25)(H,23,24)/t13-/m0/s1. The summed E-state index contributed by atoms with van der Waals surface area (Å²) in [5, 5.41) is 5.44. The van der Waals surface area contributed by atoms with Gasteiger partial charge in [-0.3, -0.25) is 9.59 Å². The van der Waals surface area contributed by atoms with Crippen molar-refractivity contribution in [1.29, 1.82) is 0 Å². The number of methoxy groups -OCH3 is 4. The largest absolute Gasteiger partial charge is 0.495 e. The van der Waals surface area contributed by atoms with E-state index in [1.54, 1.807) is 19.1 Å². The van der Waals surface area contributed by atoms with Crippen LogP contribution in [-0.2, 0) is 4.79 Å². The summed E-state index contributed by atoms with van der Waals surface area (Å²) < 4.78 is 21.0. The van der Waals surface area contributed by atoms with Crippen LogP contribution < -0.4 is 29.6 Å². The van der Waals surface area contributed by atoms with Gasteiger partial charge < -0.3 is 29.6 Å². The Balaban J connectivity index is 2.16. The van der Waals surface area contributed by atoms with E-state index in [0.29, 0.717) is 28.7 Å². The van der Waals surface area contributed by atoms with Crippen LogP contribution in [0.2, 0.25) is 0 Å². The maximum atomic E-state index is 12.7. The zero-order valence-electron chi connectivity index (χ0n) is 17.4. The fourth-order valence-electron chi connectivity index (χ4n) is 2.72. The molecule has 8 nitrogen and oxygen atoms in total. The first-order chi connectivity index (χ1) is 13.8. The van der Waals surface area contributed by atoms with Gasteiger partial charge in [0.05, 0.1) is 34.1 Å². The second-order valence-electron chi connectivity index (χ2n) is 6.30. The summed E-state index contributed by atoms with van der Waals surface area (Å²) in [6, 6.07) is 7.68. The third-order valence-corrected chi connectivity index (χ3v) is 4.28. The quantitative estimate of drug-likeness (QED) is 0.705. The van der Waals surface area contributed by atoms with Gasteiger partial charge in [0, 0.05) is 5.56 Å².